The molecule has 150 valence electrons. The molecule has 0 fully saturated rings. The molecule has 0 spiro atoms. The van der Waals surface area contributed by atoms with Crippen LogP contribution in [0.15, 0.2) is 35.5 Å². The molecule has 0 unspecified atom stereocenters. The number of rotatable bonds is 10. The van der Waals surface area contributed by atoms with Gasteiger partial charge in [-0.25, -0.2) is 4.98 Å². The van der Waals surface area contributed by atoms with Crippen LogP contribution in [0.2, 0.25) is 0 Å². The third-order valence-electron chi connectivity index (χ3n) is 3.70. The van der Waals surface area contributed by atoms with Crippen LogP contribution in [0.5, 0.6) is 5.75 Å². The molecule has 0 radical (unpaired) electrons. The van der Waals surface area contributed by atoms with Gasteiger partial charge in [0.2, 0.25) is 0 Å². The third-order valence-corrected chi connectivity index (χ3v) is 4.84. The van der Waals surface area contributed by atoms with Crippen molar-refractivity contribution in [1.29, 1.82) is 0 Å². The Morgan fingerprint density at radius 1 is 1.22 bits per heavy atom. The molecule has 2 aromatic rings. The number of ether oxygens (including phenoxy) is 2. The Hall–Kier alpha value is -1.39. The van der Waals surface area contributed by atoms with E-state index in [0.29, 0.717) is 26.3 Å². The average Bonchev–Trinajstić information content (AvgIpc) is 3.14. The zero-order valence-corrected chi connectivity index (χ0v) is 19.3. The summed E-state index contributed by atoms with van der Waals surface area (Å²) in [7, 11) is 3.47. The molecule has 0 bridgehead atoms. The number of methoxy groups -OCH3 is 1. The van der Waals surface area contributed by atoms with E-state index in [2.05, 4.69) is 33.6 Å². The fraction of sp³-hybridized carbons (Fsp3) is 0.474. The van der Waals surface area contributed by atoms with Crippen LogP contribution in [-0.4, -0.2) is 38.3 Å². The van der Waals surface area contributed by atoms with E-state index >= 15 is 0 Å². The van der Waals surface area contributed by atoms with Crippen LogP contribution in [0.1, 0.15) is 28.8 Å². The van der Waals surface area contributed by atoms with Crippen molar-refractivity contribution in [2.45, 2.75) is 32.9 Å². The molecule has 0 amide bonds. The highest BCUT2D eigenvalue weighted by Crippen LogP contribution is 2.14. The molecule has 8 heteroatoms. The second-order valence-corrected chi connectivity index (χ2v) is 6.90. The number of benzene rings is 1. The van der Waals surface area contributed by atoms with Gasteiger partial charge in [0.1, 0.15) is 10.8 Å². The lowest BCUT2D eigenvalue weighted by Crippen LogP contribution is -2.36. The molecular formula is C19H29IN4O2S. The van der Waals surface area contributed by atoms with Crippen LogP contribution in [0.25, 0.3) is 0 Å². The van der Waals surface area contributed by atoms with Gasteiger partial charge in [-0.15, -0.1) is 35.3 Å². The molecular weight excluding hydrogens is 475 g/mol. The van der Waals surface area contributed by atoms with Gasteiger partial charge in [-0.3, -0.25) is 4.99 Å². The molecule has 0 aliphatic carbocycles. The van der Waals surface area contributed by atoms with Crippen LogP contribution in [0.4, 0.5) is 0 Å². The Balaban J connectivity index is 0.00000364. The Morgan fingerprint density at radius 2 is 2.04 bits per heavy atom. The van der Waals surface area contributed by atoms with Crippen LogP contribution in [-0.2, 0) is 24.2 Å². The van der Waals surface area contributed by atoms with Crippen molar-refractivity contribution in [1.82, 2.24) is 15.6 Å². The van der Waals surface area contributed by atoms with E-state index in [1.165, 1.54) is 4.88 Å². The van der Waals surface area contributed by atoms with Crippen molar-refractivity contribution in [2.24, 2.45) is 4.99 Å². The molecule has 0 saturated carbocycles. The maximum atomic E-state index is 5.74. The number of nitrogens with zero attached hydrogens (tertiary/aromatic N) is 2. The smallest absolute Gasteiger partial charge is 0.191 e. The summed E-state index contributed by atoms with van der Waals surface area (Å²) in [4.78, 5) is 9.97. The Bertz CT molecular complexity index is 694. The number of halogens is 1. The highest BCUT2D eigenvalue weighted by atomic mass is 127. The predicted molar refractivity (Wildman–Crippen MR) is 122 cm³/mol. The van der Waals surface area contributed by atoms with Gasteiger partial charge in [0, 0.05) is 44.8 Å². The molecule has 1 heterocycles. The second kappa shape index (κ2) is 13.7. The number of aliphatic imine (C=N–C) groups is 1. The maximum absolute atomic E-state index is 5.74. The van der Waals surface area contributed by atoms with Crippen LogP contribution in [0, 0.1) is 0 Å². The lowest BCUT2D eigenvalue weighted by molar-refractivity contribution is 0.172. The van der Waals surface area contributed by atoms with Gasteiger partial charge in [-0.2, -0.15) is 0 Å². The molecule has 1 aromatic heterocycles. The molecule has 0 aliphatic rings. The minimum absolute atomic E-state index is 0. The summed E-state index contributed by atoms with van der Waals surface area (Å²) in [5.41, 5.74) is 1.14. The zero-order valence-electron chi connectivity index (χ0n) is 16.2. The highest BCUT2D eigenvalue weighted by molar-refractivity contribution is 14.0. The first-order valence-corrected chi connectivity index (χ1v) is 9.65. The monoisotopic (exact) mass is 504 g/mol. The standard InChI is InChI=1S/C19H28N4O2S.HI/c1-4-17-13-21-18(26-17)14-23-19(20-2)22-12-15-7-5-8-16(11-15)25-10-6-9-24-3;/h5,7-8,11,13H,4,6,9-10,12,14H2,1-3H3,(H2,20,22,23);1H. The third kappa shape index (κ3) is 8.89. The number of guanidine groups is 1. The molecule has 1 aromatic carbocycles. The first kappa shape index (κ1) is 23.6. The number of hydrogen-bond acceptors (Lipinski definition) is 5. The van der Waals surface area contributed by atoms with E-state index < -0.39 is 0 Å². The fourth-order valence-corrected chi connectivity index (χ4v) is 3.10. The lowest BCUT2D eigenvalue weighted by Gasteiger charge is -2.12. The topological polar surface area (TPSA) is 67.8 Å². The molecule has 0 aliphatic heterocycles. The SMILES string of the molecule is CCc1cnc(CNC(=NC)NCc2cccc(OCCCOC)c2)s1.I. The number of nitrogens with one attached hydrogen (secondary N) is 2. The number of aryl methyl sites for hydroxylation is 1. The Morgan fingerprint density at radius 3 is 2.74 bits per heavy atom. The van der Waals surface area contributed by atoms with E-state index in [0.717, 1.165) is 35.1 Å². The zero-order chi connectivity index (χ0) is 18.6. The van der Waals surface area contributed by atoms with Gasteiger partial charge in [0.05, 0.1) is 13.2 Å². The lowest BCUT2D eigenvalue weighted by atomic mass is 10.2. The van der Waals surface area contributed by atoms with Gasteiger partial charge < -0.3 is 20.1 Å². The summed E-state index contributed by atoms with van der Waals surface area (Å²) in [6.07, 6.45) is 3.84. The van der Waals surface area contributed by atoms with Crippen molar-refractivity contribution >= 4 is 41.3 Å². The van der Waals surface area contributed by atoms with Gasteiger partial charge >= 0.3 is 0 Å². The van der Waals surface area contributed by atoms with E-state index in [-0.39, 0.29) is 24.0 Å². The summed E-state index contributed by atoms with van der Waals surface area (Å²) in [5.74, 6) is 1.63. The van der Waals surface area contributed by atoms with E-state index in [9.17, 15) is 0 Å². The molecule has 2 N–H and O–H groups in total. The molecule has 27 heavy (non-hydrogen) atoms. The quantitative estimate of drug-likeness (QED) is 0.224. The first-order chi connectivity index (χ1) is 12.7. The van der Waals surface area contributed by atoms with Crippen molar-refractivity contribution in [3.63, 3.8) is 0 Å². The predicted octanol–water partition coefficient (Wildman–Crippen LogP) is 3.60. The largest absolute Gasteiger partial charge is 0.493 e. The van der Waals surface area contributed by atoms with E-state index in [1.807, 2.05) is 24.4 Å². The van der Waals surface area contributed by atoms with E-state index in [1.54, 1.807) is 25.5 Å². The van der Waals surface area contributed by atoms with Crippen molar-refractivity contribution < 1.29 is 9.47 Å². The van der Waals surface area contributed by atoms with Crippen LogP contribution >= 0.6 is 35.3 Å². The van der Waals surface area contributed by atoms with E-state index in [4.69, 9.17) is 9.47 Å². The van der Waals surface area contributed by atoms with Crippen LogP contribution < -0.4 is 15.4 Å². The fourth-order valence-electron chi connectivity index (χ4n) is 2.30. The molecule has 0 atom stereocenters. The number of hydrogen-bond donors (Lipinski definition) is 2. The Labute approximate surface area is 182 Å². The number of thiazole rings is 1. The van der Waals surface area contributed by atoms with Crippen LogP contribution in [0.3, 0.4) is 0 Å². The molecule has 2 rings (SSSR count). The minimum atomic E-state index is 0. The van der Waals surface area contributed by atoms with Crippen molar-refractivity contribution in [3.8, 4) is 5.75 Å². The molecule has 0 saturated heterocycles. The normalized spacial score (nSPS) is 11.0. The van der Waals surface area contributed by atoms with Gasteiger partial charge in [-0.1, -0.05) is 19.1 Å². The average molecular weight is 504 g/mol. The first-order valence-electron chi connectivity index (χ1n) is 8.84. The summed E-state index contributed by atoms with van der Waals surface area (Å²) in [6.45, 7) is 4.85. The minimum Gasteiger partial charge on any atom is -0.493 e. The summed E-state index contributed by atoms with van der Waals surface area (Å²) in [5, 5.41) is 7.68. The van der Waals surface area contributed by atoms with Gasteiger partial charge in [0.15, 0.2) is 5.96 Å². The number of aromatic nitrogens is 1. The Kier molecular flexibility index (Phi) is 12.0. The second-order valence-electron chi connectivity index (χ2n) is 5.70. The van der Waals surface area contributed by atoms with Crippen molar-refractivity contribution in [2.75, 3.05) is 27.4 Å². The summed E-state index contributed by atoms with van der Waals surface area (Å²) in [6, 6.07) is 8.08. The maximum Gasteiger partial charge on any atom is 0.191 e. The summed E-state index contributed by atoms with van der Waals surface area (Å²) < 4.78 is 10.8. The summed E-state index contributed by atoms with van der Waals surface area (Å²) >= 11 is 1.73. The molecule has 6 nitrogen and oxygen atoms in total. The van der Waals surface area contributed by atoms with Crippen molar-refractivity contribution in [3.05, 3.63) is 45.9 Å². The van der Waals surface area contributed by atoms with Gasteiger partial charge in [0.25, 0.3) is 0 Å². The van der Waals surface area contributed by atoms with Gasteiger partial charge in [-0.05, 0) is 24.1 Å². The highest BCUT2D eigenvalue weighted by Gasteiger charge is 2.03.